The molecule has 1 N–H and O–H groups in total. The Kier molecular flexibility index (Phi) is 7.02. The lowest BCUT2D eigenvalue weighted by Crippen LogP contribution is -2.44. The van der Waals surface area contributed by atoms with Crippen molar-refractivity contribution in [3.05, 3.63) is 120 Å². The van der Waals surface area contributed by atoms with Crippen molar-refractivity contribution in [3.8, 4) is 0 Å². The monoisotopic (exact) mass is 497 g/mol. The first-order chi connectivity index (χ1) is 18.1. The van der Waals surface area contributed by atoms with E-state index in [0.29, 0.717) is 16.8 Å². The van der Waals surface area contributed by atoms with Crippen molar-refractivity contribution in [2.75, 3.05) is 0 Å². The largest absolute Gasteiger partial charge is 0.467 e. The van der Waals surface area contributed by atoms with Crippen LogP contribution < -0.4 is 5.32 Å². The number of rotatable bonds is 9. The Morgan fingerprint density at radius 3 is 2.49 bits per heavy atom. The number of hydrogen-bond donors (Lipinski definition) is 1. The van der Waals surface area contributed by atoms with Crippen LogP contribution in [0.1, 0.15) is 22.9 Å². The minimum Gasteiger partial charge on any atom is -0.467 e. The summed E-state index contributed by atoms with van der Waals surface area (Å²) in [5, 5.41) is 11.0. The third kappa shape index (κ3) is 5.40. The Bertz CT molecular complexity index is 1500. The van der Waals surface area contributed by atoms with E-state index in [1.807, 2.05) is 48.5 Å². The molecular weight excluding hydrogens is 473 g/mol. The van der Waals surface area contributed by atoms with Gasteiger partial charge in [-0.2, -0.15) is 0 Å². The Morgan fingerprint density at radius 2 is 1.70 bits per heavy atom. The fraction of sp³-hybridized carbons (Fsp3) is 0.143. The van der Waals surface area contributed by atoms with Crippen LogP contribution in [0.15, 0.2) is 102 Å². The number of nitrogens with zero attached hydrogens (tertiary/aromatic N) is 4. The van der Waals surface area contributed by atoms with Crippen molar-refractivity contribution >= 4 is 22.8 Å². The minimum absolute atomic E-state index is 0.0828. The predicted octanol–water partition coefficient (Wildman–Crippen LogP) is 4.25. The van der Waals surface area contributed by atoms with Crippen molar-refractivity contribution in [2.24, 2.45) is 0 Å². The van der Waals surface area contributed by atoms with Crippen LogP contribution in [-0.4, -0.2) is 31.7 Å². The molecule has 0 aliphatic heterocycles. The number of nitrogens with one attached hydrogen (secondary N) is 1. The first-order valence-electron chi connectivity index (χ1n) is 11.8. The normalized spacial score (nSPS) is 11.8. The van der Waals surface area contributed by atoms with Crippen molar-refractivity contribution < 1.29 is 18.4 Å². The standard InChI is InChI=1S/C28H24FN5O3/c29-23-13-5-4-12-22(23)27(28(36)30-17-21-11-8-16-37-21)33(18-20-9-2-1-3-10-20)26(35)19-34-25-15-7-6-14-24(25)31-32-34/h1-16,27H,17-19H2,(H,30,36). The number of carbonyl (C=O) groups excluding carboxylic acids is 2. The topological polar surface area (TPSA) is 93.3 Å². The second-order valence-corrected chi connectivity index (χ2v) is 8.46. The van der Waals surface area contributed by atoms with Crippen LogP contribution in [-0.2, 0) is 29.2 Å². The number of amides is 2. The molecule has 0 aliphatic carbocycles. The minimum atomic E-state index is -1.24. The van der Waals surface area contributed by atoms with Crippen LogP contribution in [0.2, 0.25) is 0 Å². The smallest absolute Gasteiger partial charge is 0.247 e. The van der Waals surface area contributed by atoms with Gasteiger partial charge in [-0.05, 0) is 35.9 Å². The summed E-state index contributed by atoms with van der Waals surface area (Å²) in [5.41, 5.74) is 2.21. The molecule has 1 unspecified atom stereocenters. The van der Waals surface area contributed by atoms with E-state index in [4.69, 9.17) is 4.42 Å². The summed E-state index contributed by atoms with van der Waals surface area (Å²) in [7, 11) is 0. The number of carbonyl (C=O) groups is 2. The van der Waals surface area contributed by atoms with Crippen LogP contribution in [0.3, 0.4) is 0 Å². The summed E-state index contributed by atoms with van der Waals surface area (Å²) < 4.78 is 21.9. The van der Waals surface area contributed by atoms with E-state index in [1.54, 1.807) is 30.3 Å². The highest BCUT2D eigenvalue weighted by Crippen LogP contribution is 2.27. The summed E-state index contributed by atoms with van der Waals surface area (Å²) in [4.78, 5) is 28.8. The lowest BCUT2D eigenvalue weighted by Gasteiger charge is -2.31. The number of para-hydroxylation sites is 1. The molecule has 2 aromatic heterocycles. The van der Waals surface area contributed by atoms with Crippen molar-refractivity contribution in [3.63, 3.8) is 0 Å². The van der Waals surface area contributed by atoms with Gasteiger partial charge in [-0.25, -0.2) is 9.07 Å². The molecule has 5 aromatic rings. The maximum absolute atomic E-state index is 15.1. The van der Waals surface area contributed by atoms with E-state index < -0.39 is 23.7 Å². The number of halogens is 1. The van der Waals surface area contributed by atoms with Crippen LogP contribution in [0.5, 0.6) is 0 Å². The molecule has 0 saturated carbocycles. The zero-order valence-corrected chi connectivity index (χ0v) is 19.8. The molecule has 0 radical (unpaired) electrons. The molecule has 8 nitrogen and oxygen atoms in total. The number of fused-ring (bicyclic) bond motifs is 1. The Balaban J connectivity index is 1.52. The predicted molar refractivity (Wildman–Crippen MR) is 134 cm³/mol. The van der Waals surface area contributed by atoms with Crippen LogP contribution in [0.25, 0.3) is 11.0 Å². The van der Waals surface area contributed by atoms with Gasteiger partial charge in [-0.3, -0.25) is 9.59 Å². The highest BCUT2D eigenvalue weighted by atomic mass is 19.1. The lowest BCUT2D eigenvalue weighted by molar-refractivity contribution is -0.142. The van der Waals surface area contributed by atoms with Gasteiger partial charge in [0, 0.05) is 12.1 Å². The lowest BCUT2D eigenvalue weighted by atomic mass is 10.0. The molecule has 186 valence electrons. The average molecular weight is 498 g/mol. The van der Waals surface area contributed by atoms with E-state index in [1.165, 1.54) is 28.0 Å². The molecule has 2 amide bonds. The maximum atomic E-state index is 15.1. The summed E-state index contributed by atoms with van der Waals surface area (Å²) in [6.45, 7) is 0.00110. The van der Waals surface area contributed by atoms with Crippen molar-refractivity contribution in [1.82, 2.24) is 25.2 Å². The maximum Gasteiger partial charge on any atom is 0.247 e. The zero-order valence-electron chi connectivity index (χ0n) is 19.8. The molecule has 9 heteroatoms. The third-order valence-corrected chi connectivity index (χ3v) is 6.00. The number of hydrogen-bond acceptors (Lipinski definition) is 5. The second-order valence-electron chi connectivity index (χ2n) is 8.46. The molecule has 0 fully saturated rings. The summed E-state index contributed by atoms with van der Waals surface area (Å²) in [6.07, 6.45) is 1.50. The molecule has 0 aliphatic rings. The van der Waals surface area contributed by atoms with Crippen LogP contribution >= 0.6 is 0 Å². The number of aromatic nitrogens is 3. The van der Waals surface area contributed by atoms with E-state index in [-0.39, 0.29) is 25.2 Å². The quantitative estimate of drug-likeness (QED) is 0.329. The van der Waals surface area contributed by atoms with Gasteiger partial charge in [0.05, 0.1) is 18.3 Å². The SMILES string of the molecule is O=C(NCc1ccco1)C(c1ccccc1F)N(Cc1ccccc1)C(=O)Cn1nnc2ccccc21. The average Bonchev–Trinajstić information content (AvgIpc) is 3.59. The fourth-order valence-corrected chi connectivity index (χ4v) is 4.19. The summed E-state index contributed by atoms with van der Waals surface area (Å²) >= 11 is 0. The van der Waals surface area contributed by atoms with Crippen molar-refractivity contribution in [2.45, 2.75) is 25.7 Å². The molecule has 37 heavy (non-hydrogen) atoms. The van der Waals surface area contributed by atoms with Gasteiger partial charge >= 0.3 is 0 Å². The first kappa shape index (κ1) is 23.9. The Labute approximate surface area is 212 Å². The molecule has 3 aromatic carbocycles. The number of benzene rings is 3. The van der Waals surface area contributed by atoms with Crippen LogP contribution in [0, 0.1) is 5.82 Å². The van der Waals surface area contributed by atoms with Gasteiger partial charge in [-0.1, -0.05) is 65.9 Å². The van der Waals surface area contributed by atoms with Gasteiger partial charge in [0.2, 0.25) is 11.8 Å². The molecular formula is C28H24FN5O3. The van der Waals surface area contributed by atoms with Gasteiger partial charge in [-0.15, -0.1) is 5.10 Å². The Morgan fingerprint density at radius 1 is 0.946 bits per heavy atom. The fourth-order valence-electron chi connectivity index (χ4n) is 4.19. The van der Waals surface area contributed by atoms with E-state index in [2.05, 4.69) is 15.6 Å². The van der Waals surface area contributed by atoms with Gasteiger partial charge in [0.15, 0.2) is 0 Å². The second kappa shape index (κ2) is 10.9. The number of furan rings is 1. The van der Waals surface area contributed by atoms with E-state index in [9.17, 15) is 9.59 Å². The third-order valence-electron chi connectivity index (χ3n) is 6.00. The van der Waals surface area contributed by atoms with E-state index >= 15 is 4.39 Å². The highest BCUT2D eigenvalue weighted by molar-refractivity contribution is 5.89. The molecule has 2 heterocycles. The van der Waals surface area contributed by atoms with Crippen molar-refractivity contribution in [1.29, 1.82) is 0 Å². The van der Waals surface area contributed by atoms with E-state index in [0.717, 1.165) is 5.56 Å². The molecule has 0 spiro atoms. The molecule has 0 bridgehead atoms. The van der Waals surface area contributed by atoms with Gasteiger partial charge < -0.3 is 14.6 Å². The summed E-state index contributed by atoms with van der Waals surface area (Å²) in [6, 6.07) is 24.7. The van der Waals surface area contributed by atoms with Gasteiger partial charge in [0.25, 0.3) is 0 Å². The summed E-state index contributed by atoms with van der Waals surface area (Å²) in [5.74, 6) is -0.997. The van der Waals surface area contributed by atoms with Crippen LogP contribution in [0.4, 0.5) is 4.39 Å². The zero-order chi connectivity index (χ0) is 25.6. The first-order valence-corrected chi connectivity index (χ1v) is 11.8. The molecule has 1 atom stereocenters. The Hall–Kier alpha value is -4.79. The molecule has 5 rings (SSSR count). The molecule has 0 saturated heterocycles. The van der Waals surface area contributed by atoms with Gasteiger partial charge in [0.1, 0.15) is 29.7 Å². The highest BCUT2D eigenvalue weighted by Gasteiger charge is 2.34.